The second-order valence-electron chi connectivity index (χ2n) is 5.21. The fourth-order valence-corrected chi connectivity index (χ4v) is 2.53. The average molecular weight is 295 g/mol. The molecule has 2 rings (SSSR count). The van der Waals surface area contributed by atoms with E-state index < -0.39 is 6.10 Å². The van der Waals surface area contributed by atoms with Crippen molar-refractivity contribution in [1.82, 2.24) is 5.32 Å². The van der Waals surface area contributed by atoms with Crippen LogP contribution in [0.1, 0.15) is 12.8 Å². The molecule has 0 spiro atoms. The Kier molecular flexibility index (Phi) is 5.41. The summed E-state index contributed by atoms with van der Waals surface area (Å²) in [5.41, 5.74) is 0. The molecule has 1 fully saturated rings. The third-order valence-corrected chi connectivity index (χ3v) is 3.67. The number of amides is 1. The summed E-state index contributed by atoms with van der Waals surface area (Å²) < 4.78 is 10.5. The average Bonchev–Trinajstić information content (AvgIpc) is 2.85. The molecule has 3 N–H and O–H groups in total. The van der Waals surface area contributed by atoms with E-state index in [0.29, 0.717) is 24.3 Å². The Hall–Kier alpha value is -1.79. The molecule has 1 amide bonds. The van der Waals surface area contributed by atoms with E-state index in [-0.39, 0.29) is 31.1 Å². The molecule has 0 unspecified atom stereocenters. The Morgan fingerprint density at radius 2 is 2.14 bits per heavy atom. The van der Waals surface area contributed by atoms with Crippen molar-refractivity contribution in [3.8, 4) is 11.5 Å². The van der Waals surface area contributed by atoms with E-state index in [4.69, 9.17) is 14.6 Å². The fourth-order valence-electron chi connectivity index (χ4n) is 2.53. The largest absolute Gasteiger partial charge is 0.497 e. The van der Waals surface area contributed by atoms with Gasteiger partial charge in [-0.05, 0) is 25.0 Å². The third kappa shape index (κ3) is 4.34. The van der Waals surface area contributed by atoms with Crippen molar-refractivity contribution in [2.45, 2.75) is 25.0 Å². The fraction of sp³-hybridized carbons (Fsp3) is 0.533. The zero-order chi connectivity index (χ0) is 15.2. The Morgan fingerprint density at radius 1 is 1.38 bits per heavy atom. The van der Waals surface area contributed by atoms with Crippen molar-refractivity contribution >= 4 is 5.91 Å². The standard InChI is InChI=1S/C15H21NO5/c1-20-12-3-2-4-13(7-12)21-9-15(19)16-11-5-10(8-17)14(18)6-11/h2-4,7,10-11,14,17-18H,5-6,8-9H2,1H3,(H,16,19)/t10-,11-,14-/m0/s1. The number of ether oxygens (including phenoxy) is 2. The highest BCUT2D eigenvalue weighted by molar-refractivity contribution is 5.77. The Morgan fingerprint density at radius 3 is 2.81 bits per heavy atom. The van der Waals surface area contributed by atoms with Crippen molar-refractivity contribution in [2.24, 2.45) is 5.92 Å². The van der Waals surface area contributed by atoms with Crippen LogP contribution in [0.2, 0.25) is 0 Å². The molecule has 3 atom stereocenters. The maximum Gasteiger partial charge on any atom is 0.258 e. The highest BCUT2D eigenvalue weighted by atomic mass is 16.5. The molecule has 1 aromatic rings. The first kappa shape index (κ1) is 15.6. The number of carbonyl (C=O) groups is 1. The van der Waals surface area contributed by atoms with Gasteiger partial charge in [0.2, 0.25) is 0 Å². The number of aliphatic hydroxyl groups excluding tert-OH is 2. The van der Waals surface area contributed by atoms with Gasteiger partial charge in [-0.2, -0.15) is 0 Å². The van der Waals surface area contributed by atoms with Gasteiger partial charge >= 0.3 is 0 Å². The Balaban J connectivity index is 1.77. The number of benzene rings is 1. The molecule has 0 saturated heterocycles. The number of rotatable bonds is 6. The minimum absolute atomic E-state index is 0.0617. The maximum atomic E-state index is 11.8. The third-order valence-electron chi connectivity index (χ3n) is 3.67. The van der Waals surface area contributed by atoms with E-state index in [2.05, 4.69) is 5.32 Å². The van der Waals surface area contributed by atoms with Gasteiger partial charge in [0.25, 0.3) is 5.91 Å². The van der Waals surface area contributed by atoms with E-state index in [1.54, 1.807) is 31.4 Å². The summed E-state index contributed by atoms with van der Waals surface area (Å²) in [5, 5.41) is 21.6. The predicted octanol–water partition coefficient (Wildman–Crippen LogP) is 0.322. The molecule has 1 aromatic carbocycles. The molecule has 0 aromatic heterocycles. The topological polar surface area (TPSA) is 88.0 Å². The molecule has 1 aliphatic rings. The highest BCUT2D eigenvalue weighted by Crippen LogP contribution is 2.25. The molecular weight excluding hydrogens is 274 g/mol. The molecule has 0 radical (unpaired) electrons. The molecule has 6 nitrogen and oxygen atoms in total. The van der Waals surface area contributed by atoms with Crippen LogP contribution < -0.4 is 14.8 Å². The quantitative estimate of drug-likeness (QED) is 0.703. The monoisotopic (exact) mass is 295 g/mol. The summed E-state index contributed by atoms with van der Waals surface area (Å²) >= 11 is 0. The Labute approximate surface area is 123 Å². The molecule has 1 saturated carbocycles. The van der Waals surface area contributed by atoms with Crippen LogP contribution in [0.4, 0.5) is 0 Å². The van der Waals surface area contributed by atoms with Gasteiger partial charge in [0.05, 0.1) is 13.2 Å². The van der Waals surface area contributed by atoms with Crippen LogP contribution in [0, 0.1) is 5.92 Å². The summed E-state index contributed by atoms with van der Waals surface area (Å²) in [6.07, 6.45) is 0.498. The summed E-state index contributed by atoms with van der Waals surface area (Å²) in [7, 11) is 1.56. The summed E-state index contributed by atoms with van der Waals surface area (Å²) in [4.78, 5) is 11.8. The molecular formula is C15H21NO5. The zero-order valence-corrected chi connectivity index (χ0v) is 12.0. The summed E-state index contributed by atoms with van der Waals surface area (Å²) in [6, 6.07) is 6.91. The van der Waals surface area contributed by atoms with Crippen LogP contribution in [0.5, 0.6) is 11.5 Å². The van der Waals surface area contributed by atoms with Gasteiger partial charge in [-0.1, -0.05) is 6.07 Å². The molecule has 116 valence electrons. The number of methoxy groups -OCH3 is 1. The second kappa shape index (κ2) is 7.28. The molecule has 1 aliphatic carbocycles. The normalized spacial score (nSPS) is 24.6. The van der Waals surface area contributed by atoms with Gasteiger partial charge in [-0.15, -0.1) is 0 Å². The van der Waals surface area contributed by atoms with Crippen LogP contribution in [0.3, 0.4) is 0 Å². The molecule has 0 heterocycles. The van der Waals surface area contributed by atoms with E-state index in [9.17, 15) is 9.90 Å². The number of nitrogens with one attached hydrogen (secondary N) is 1. The van der Waals surface area contributed by atoms with Gasteiger partial charge in [-0.25, -0.2) is 0 Å². The van der Waals surface area contributed by atoms with Crippen molar-refractivity contribution in [3.05, 3.63) is 24.3 Å². The molecule has 0 bridgehead atoms. The van der Waals surface area contributed by atoms with Crippen LogP contribution >= 0.6 is 0 Å². The van der Waals surface area contributed by atoms with E-state index >= 15 is 0 Å². The lowest BCUT2D eigenvalue weighted by molar-refractivity contribution is -0.123. The highest BCUT2D eigenvalue weighted by Gasteiger charge is 2.33. The zero-order valence-electron chi connectivity index (χ0n) is 12.0. The van der Waals surface area contributed by atoms with Gasteiger partial charge in [0.1, 0.15) is 11.5 Å². The van der Waals surface area contributed by atoms with Crippen molar-refractivity contribution in [3.63, 3.8) is 0 Å². The molecule has 0 aliphatic heterocycles. The van der Waals surface area contributed by atoms with E-state index in [1.165, 1.54) is 0 Å². The van der Waals surface area contributed by atoms with Crippen molar-refractivity contribution in [1.29, 1.82) is 0 Å². The van der Waals surface area contributed by atoms with Gasteiger partial charge < -0.3 is 25.0 Å². The lowest BCUT2D eigenvalue weighted by atomic mass is 10.1. The van der Waals surface area contributed by atoms with Crippen molar-refractivity contribution in [2.75, 3.05) is 20.3 Å². The first-order valence-corrected chi connectivity index (χ1v) is 6.97. The molecule has 6 heteroatoms. The van der Waals surface area contributed by atoms with Crippen molar-refractivity contribution < 1.29 is 24.5 Å². The van der Waals surface area contributed by atoms with Crippen LogP contribution in [0.25, 0.3) is 0 Å². The number of aliphatic hydroxyl groups is 2. The number of hydrogen-bond donors (Lipinski definition) is 3. The van der Waals surface area contributed by atoms with Gasteiger partial charge in [-0.3, -0.25) is 4.79 Å². The first-order valence-electron chi connectivity index (χ1n) is 6.97. The minimum Gasteiger partial charge on any atom is -0.497 e. The number of hydrogen-bond acceptors (Lipinski definition) is 5. The van der Waals surface area contributed by atoms with Crippen LogP contribution in [0.15, 0.2) is 24.3 Å². The van der Waals surface area contributed by atoms with Gasteiger partial charge in [0.15, 0.2) is 6.61 Å². The second-order valence-corrected chi connectivity index (χ2v) is 5.21. The van der Waals surface area contributed by atoms with Crippen LogP contribution in [-0.4, -0.2) is 48.6 Å². The summed E-state index contributed by atoms with van der Waals surface area (Å²) in [5.74, 6) is 0.824. The predicted molar refractivity (Wildman–Crippen MR) is 76.2 cm³/mol. The maximum absolute atomic E-state index is 11.8. The smallest absolute Gasteiger partial charge is 0.258 e. The summed E-state index contributed by atoms with van der Waals surface area (Å²) in [6.45, 7) is -0.155. The number of carbonyl (C=O) groups excluding carboxylic acids is 1. The lowest BCUT2D eigenvalue weighted by Gasteiger charge is -2.13. The first-order chi connectivity index (χ1) is 10.1. The van der Waals surface area contributed by atoms with E-state index in [0.717, 1.165) is 0 Å². The van der Waals surface area contributed by atoms with Crippen LogP contribution in [-0.2, 0) is 4.79 Å². The SMILES string of the molecule is COc1cccc(OCC(=O)N[C@H]2C[C@@H](CO)[C@@H](O)C2)c1. The Bertz CT molecular complexity index is 479. The minimum atomic E-state index is -0.556. The van der Waals surface area contributed by atoms with E-state index in [1.807, 2.05) is 0 Å². The molecule has 21 heavy (non-hydrogen) atoms. The van der Waals surface area contributed by atoms with Gasteiger partial charge in [0, 0.05) is 24.6 Å². The lowest BCUT2D eigenvalue weighted by Crippen LogP contribution is -2.36.